The Labute approximate surface area is 112 Å². The van der Waals surface area contributed by atoms with Crippen LogP contribution in [0.5, 0.6) is 0 Å². The molecule has 3 rings (SSSR count). The van der Waals surface area contributed by atoms with Crippen LogP contribution in [0.3, 0.4) is 0 Å². The van der Waals surface area contributed by atoms with Crippen molar-refractivity contribution in [2.45, 2.75) is 12.8 Å². The number of aromatic nitrogens is 4. The molecule has 0 bridgehead atoms. The molecule has 3 heterocycles. The van der Waals surface area contributed by atoms with Gasteiger partial charge in [-0.15, -0.1) is 16.4 Å². The van der Waals surface area contributed by atoms with Crippen LogP contribution >= 0.6 is 11.3 Å². The number of carboxylic acids is 1. The summed E-state index contributed by atoms with van der Waals surface area (Å²) in [6.07, 6.45) is 3.94. The van der Waals surface area contributed by atoms with Gasteiger partial charge in [0.25, 0.3) is 0 Å². The van der Waals surface area contributed by atoms with Gasteiger partial charge in [-0.25, -0.2) is 4.52 Å². The van der Waals surface area contributed by atoms with Crippen LogP contribution in [0, 0.1) is 0 Å². The van der Waals surface area contributed by atoms with E-state index >= 15 is 0 Å². The van der Waals surface area contributed by atoms with Crippen LogP contribution in [0.2, 0.25) is 0 Å². The van der Waals surface area contributed by atoms with E-state index in [1.165, 1.54) is 11.3 Å². The summed E-state index contributed by atoms with van der Waals surface area (Å²) in [6, 6.07) is 3.72. The van der Waals surface area contributed by atoms with Crippen molar-refractivity contribution in [1.29, 1.82) is 0 Å². The SMILES string of the molecule is O=C(O)CCc1csc2nc(-c3cccnc3)nn12. The van der Waals surface area contributed by atoms with Crippen LogP contribution in [0.15, 0.2) is 29.9 Å². The van der Waals surface area contributed by atoms with Crippen LogP contribution in [-0.4, -0.2) is 30.7 Å². The van der Waals surface area contributed by atoms with Crippen molar-refractivity contribution >= 4 is 22.3 Å². The van der Waals surface area contributed by atoms with Gasteiger partial charge in [-0.1, -0.05) is 0 Å². The standard InChI is InChI=1S/C12H10N4O2S/c17-10(18)4-3-9-7-19-12-14-11(15-16(9)12)8-2-1-5-13-6-8/h1-2,5-7H,3-4H2,(H,17,18). The van der Waals surface area contributed by atoms with Crippen molar-refractivity contribution in [1.82, 2.24) is 19.6 Å². The minimum Gasteiger partial charge on any atom is -0.481 e. The lowest BCUT2D eigenvalue weighted by atomic mass is 10.2. The Morgan fingerprint density at radius 1 is 1.47 bits per heavy atom. The quantitative estimate of drug-likeness (QED) is 0.785. The van der Waals surface area contributed by atoms with Crippen LogP contribution in [0.1, 0.15) is 12.1 Å². The molecule has 1 N–H and O–H groups in total. The Bertz CT molecular complexity index is 720. The minimum atomic E-state index is -0.813. The fraction of sp³-hybridized carbons (Fsp3) is 0.167. The highest BCUT2D eigenvalue weighted by Crippen LogP contribution is 2.20. The van der Waals surface area contributed by atoms with Gasteiger partial charge in [0.2, 0.25) is 4.96 Å². The summed E-state index contributed by atoms with van der Waals surface area (Å²) in [5, 5.41) is 15.0. The molecule has 0 atom stereocenters. The van der Waals surface area contributed by atoms with Crippen molar-refractivity contribution in [2.24, 2.45) is 0 Å². The predicted molar refractivity (Wildman–Crippen MR) is 70.1 cm³/mol. The molecule has 3 aromatic heterocycles. The van der Waals surface area contributed by atoms with Crippen LogP contribution < -0.4 is 0 Å². The number of carbonyl (C=O) groups is 1. The molecule has 0 amide bonds. The van der Waals surface area contributed by atoms with Gasteiger partial charge in [-0.05, 0) is 12.1 Å². The molecule has 0 saturated carbocycles. The summed E-state index contributed by atoms with van der Waals surface area (Å²) >= 11 is 1.46. The molecule has 0 unspecified atom stereocenters. The average Bonchev–Trinajstić information content (AvgIpc) is 2.97. The smallest absolute Gasteiger partial charge is 0.303 e. The summed E-state index contributed by atoms with van der Waals surface area (Å²) in [5.41, 5.74) is 1.72. The van der Waals surface area contributed by atoms with Gasteiger partial charge >= 0.3 is 5.97 Å². The van der Waals surface area contributed by atoms with Crippen LogP contribution in [0.25, 0.3) is 16.3 Å². The molecule has 0 fully saturated rings. The Morgan fingerprint density at radius 3 is 3.11 bits per heavy atom. The van der Waals surface area contributed by atoms with E-state index in [0.29, 0.717) is 12.2 Å². The molecule has 0 aromatic carbocycles. The molecule has 0 aliphatic heterocycles. The largest absolute Gasteiger partial charge is 0.481 e. The fourth-order valence-electron chi connectivity index (χ4n) is 1.75. The number of nitrogens with zero attached hydrogens (tertiary/aromatic N) is 4. The van der Waals surface area contributed by atoms with Gasteiger partial charge < -0.3 is 5.11 Å². The summed E-state index contributed by atoms with van der Waals surface area (Å²) in [6.45, 7) is 0. The van der Waals surface area contributed by atoms with Crippen LogP contribution in [0.4, 0.5) is 0 Å². The van der Waals surface area contributed by atoms with Gasteiger partial charge in [0.15, 0.2) is 5.82 Å². The second-order valence-electron chi connectivity index (χ2n) is 3.99. The molecule has 7 heteroatoms. The zero-order valence-electron chi connectivity index (χ0n) is 9.85. The van der Waals surface area contributed by atoms with Crippen molar-refractivity contribution in [2.75, 3.05) is 0 Å². The lowest BCUT2D eigenvalue weighted by Crippen LogP contribution is -2.00. The van der Waals surface area contributed by atoms with Crippen molar-refractivity contribution in [3.05, 3.63) is 35.6 Å². The third-order valence-electron chi connectivity index (χ3n) is 2.66. The number of pyridine rings is 1. The molecule has 3 aromatic rings. The number of fused-ring (bicyclic) bond motifs is 1. The molecule has 0 radical (unpaired) electrons. The third kappa shape index (κ3) is 2.32. The maximum atomic E-state index is 10.6. The van der Waals surface area contributed by atoms with Gasteiger partial charge in [0, 0.05) is 29.8 Å². The second-order valence-corrected chi connectivity index (χ2v) is 4.83. The Hall–Kier alpha value is -2.28. The van der Waals surface area contributed by atoms with E-state index in [2.05, 4.69) is 15.1 Å². The zero-order chi connectivity index (χ0) is 13.2. The van der Waals surface area contributed by atoms with E-state index in [0.717, 1.165) is 16.2 Å². The summed E-state index contributed by atoms with van der Waals surface area (Å²) in [5.74, 6) is -0.205. The molecule has 0 aliphatic carbocycles. The normalized spacial score (nSPS) is 10.9. The maximum absolute atomic E-state index is 10.6. The third-order valence-corrected chi connectivity index (χ3v) is 3.53. The van der Waals surface area contributed by atoms with E-state index in [-0.39, 0.29) is 6.42 Å². The maximum Gasteiger partial charge on any atom is 0.303 e. The molecule has 0 aliphatic rings. The van der Waals surface area contributed by atoms with Gasteiger partial charge in [-0.2, -0.15) is 4.98 Å². The van der Waals surface area contributed by atoms with E-state index in [4.69, 9.17) is 5.11 Å². The lowest BCUT2D eigenvalue weighted by molar-refractivity contribution is -0.136. The summed E-state index contributed by atoms with van der Waals surface area (Å²) < 4.78 is 1.70. The first-order valence-corrected chi connectivity index (χ1v) is 6.57. The molecule has 6 nitrogen and oxygen atoms in total. The Morgan fingerprint density at radius 2 is 2.37 bits per heavy atom. The Kier molecular flexibility index (Phi) is 2.96. The monoisotopic (exact) mass is 274 g/mol. The van der Waals surface area contributed by atoms with Crippen molar-refractivity contribution in [3.63, 3.8) is 0 Å². The van der Waals surface area contributed by atoms with E-state index in [1.807, 2.05) is 17.5 Å². The van der Waals surface area contributed by atoms with E-state index < -0.39 is 5.97 Å². The number of aliphatic carboxylic acids is 1. The first-order valence-electron chi connectivity index (χ1n) is 5.69. The van der Waals surface area contributed by atoms with E-state index in [9.17, 15) is 4.79 Å². The topological polar surface area (TPSA) is 80.4 Å². The average molecular weight is 274 g/mol. The lowest BCUT2D eigenvalue weighted by Gasteiger charge is -1.95. The first kappa shape index (κ1) is 11.8. The summed E-state index contributed by atoms with van der Waals surface area (Å²) in [4.78, 5) is 19.8. The van der Waals surface area contributed by atoms with Gasteiger partial charge in [0.1, 0.15) is 0 Å². The Balaban J connectivity index is 1.96. The predicted octanol–water partition coefficient (Wildman–Crippen LogP) is 1.87. The molecular formula is C12H10N4O2S. The molecule has 0 spiro atoms. The number of hydrogen-bond donors (Lipinski definition) is 1. The van der Waals surface area contributed by atoms with Crippen molar-refractivity contribution in [3.8, 4) is 11.4 Å². The number of carboxylic acid groups (broad SMARTS) is 1. The van der Waals surface area contributed by atoms with E-state index in [1.54, 1.807) is 16.9 Å². The zero-order valence-corrected chi connectivity index (χ0v) is 10.7. The highest BCUT2D eigenvalue weighted by atomic mass is 32.1. The highest BCUT2D eigenvalue weighted by molar-refractivity contribution is 7.15. The highest BCUT2D eigenvalue weighted by Gasteiger charge is 2.12. The number of aryl methyl sites for hydroxylation is 1. The molecule has 96 valence electrons. The second kappa shape index (κ2) is 4.77. The molecular weight excluding hydrogens is 264 g/mol. The fourth-order valence-corrected chi connectivity index (χ4v) is 2.61. The molecule has 19 heavy (non-hydrogen) atoms. The minimum absolute atomic E-state index is 0.0912. The number of hydrogen-bond acceptors (Lipinski definition) is 5. The van der Waals surface area contributed by atoms with Gasteiger partial charge in [-0.3, -0.25) is 9.78 Å². The van der Waals surface area contributed by atoms with Gasteiger partial charge in [0.05, 0.1) is 12.1 Å². The number of rotatable bonds is 4. The van der Waals surface area contributed by atoms with Crippen molar-refractivity contribution < 1.29 is 9.90 Å². The summed E-state index contributed by atoms with van der Waals surface area (Å²) in [7, 11) is 0. The number of thiazole rings is 1. The molecule has 0 saturated heterocycles. The van der Waals surface area contributed by atoms with Crippen LogP contribution in [-0.2, 0) is 11.2 Å². The first-order chi connectivity index (χ1) is 9.24.